The fourth-order valence-electron chi connectivity index (χ4n) is 5.58. The molecule has 2 saturated carbocycles. The maximum Gasteiger partial charge on any atom is 0.165 e. The summed E-state index contributed by atoms with van der Waals surface area (Å²) in [5.41, 5.74) is 9.15. The van der Waals surface area contributed by atoms with Crippen LogP contribution in [0, 0.1) is 22.7 Å². The second-order valence-electron chi connectivity index (χ2n) is 8.04. The summed E-state index contributed by atoms with van der Waals surface area (Å²) in [4.78, 5) is 0. The topological polar surface area (TPSA) is 26.0 Å². The molecule has 1 unspecified atom stereocenters. The lowest BCUT2D eigenvalue weighted by Gasteiger charge is -2.54. The van der Waals surface area contributed by atoms with Crippen LogP contribution in [0.15, 0.2) is 23.3 Å². The van der Waals surface area contributed by atoms with Crippen molar-refractivity contribution >= 4 is 11.8 Å². The van der Waals surface area contributed by atoms with Crippen LogP contribution in [0.2, 0.25) is 0 Å². The molecular weight excluding hydrogens is 281 g/mol. The largest absolute Gasteiger partial charge is 0.299 e. The molecule has 0 radical (unpaired) electrons. The van der Waals surface area contributed by atoms with Gasteiger partial charge in [0.1, 0.15) is 0 Å². The van der Waals surface area contributed by atoms with E-state index in [-0.39, 0.29) is 5.41 Å². The van der Waals surface area contributed by atoms with E-state index >= 15 is 0 Å². The maximum atomic E-state index is 14.8. The fourth-order valence-corrected chi connectivity index (χ4v) is 6.90. The lowest BCUT2D eigenvalue weighted by molar-refractivity contribution is -0.0135. The summed E-state index contributed by atoms with van der Waals surface area (Å²) in [6.45, 7) is 4.55. The molecule has 1 saturated heterocycles. The Morgan fingerprint density at radius 1 is 1.19 bits per heavy atom. The molecule has 0 spiro atoms. The number of hydrogen-bond donors (Lipinski definition) is 1. The van der Waals surface area contributed by atoms with E-state index in [1.165, 1.54) is 23.5 Å². The van der Waals surface area contributed by atoms with Crippen LogP contribution in [-0.4, -0.2) is 17.3 Å². The van der Waals surface area contributed by atoms with E-state index in [4.69, 9.17) is 5.73 Å². The third kappa shape index (κ3) is 1.74. The predicted molar refractivity (Wildman–Crippen MR) is 87.8 cm³/mol. The highest BCUT2D eigenvalue weighted by Gasteiger charge is 2.61. The van der Waals surface area contributed by atoms with Crippen molar-refractivity contribution in [3.8, 4) is 0 Å². The quantitative estimate of drug-likeness (QED) is 0.669. The molecule has 3 fully saturated rings. The zero-order chi connectivity index (χ0) is 14.9. The molecule has 3 heteroatoms. The summed E-state index contributed by atoms with van der Waals surface area (Å²) < 4.78 is 14.8. The normalized spacial score (nSPS) is 52.4. The van der Waals surface area contributed by atoms with Crippen LogP contribution >= 0.6 is 11.8 Å². The van der Waals surface area contributed by atoms with Crippen LogP contribution in [0.3, 0.4) is 0 Å². The van der Waals surface area contributed by atoms with Gasteiger partial charge in [-0.3, -0.25) is 5.73 Å². The van der Waals surface area contributed by atoms with Crippen molar-refractivity contribution in [1.29, 1.82) is 0 Å². The van der Waals surface area contributed by atoms with E-state index in [2.05, 4.69) is 37.8 Å². The van der Waals surface area contributed by atoms with E-state index < -0.39 is 5.79 Å². The summed E-state index contributed by atoms with van der Waals surface area (Å²) >= 11 is 2.09. The van der Waals surface area contributed by atoms with Gasteiger partial charge < -0.3 is 0 Å². The van der Waals surface area contributed by atoms with Crippen LogP contribution in [0.1, 0.15) is 46.0 Å². The zero-order valence-corrected chi connectivity index (χ0v) is 13.9. The molecule has 3 aliphatic carbocycles. The van der Waals surface area contributed by atoms with Crippen molar-refractivity contribution in [3.63, 3.8) is 0 Å². The minimum absolute atomic E-state index is 0.310. The van der Waals surface area contributed by atoms with Crippen LogP contribution in [-0.2, 0) is 0 Å². The Morgan fingerprint density at radius 3 is 2.76 bits per heavy atom. The number of halogens is 1. The minimum Gasteiger partial charge on any atom is -0.299 e. The Morgan fingerprint density at radius 2 is 1.95 bits per heavy atom. The number of fused-ring (bicyclic) bond motifs is 5. The van der Waals surface area contributed by atoms with Crippen LogP contribution in [0.5, 0.6) is 0 Å². The first-order chi connectivity index (χ1) is 9.88. The number of hydrogen-bond acceptors (Lipinski definition) is 2. The summed E-state index contributed by atoms with van der Waals surface area (Å²) in [5, 5.41) is 0. The standard InChI is InChI=1S/C18H26FNS/c1-16-11-21-10-7-12(16)3-4-13-14(16)5-8-17(2)15(13)6-9-18(17,19)20/h3-4,14-15H,5-11,20H2,1-2H3/t14-,15+,16+,17+,18?/m1/s1. The summed E-state index contributed by atoms with van der Waals surface area (Å²) in [6.07, 6.45) is 9.45. The highest BCUT2D eigenvalue weighted by molar-refractivity contribution is 7.99. The van der Waals surface area contributed by atoms with E-state index in [1.807, 2.05) is 0 Å². The highest BCUT2D eigenvalue weighted by Crippen LogP contribution is 2.65. The van der Waals surface area contributed by atoms with Gasteiger partial charge in [-0.05, 0) is 49.7 Å². The monoisotopic (exact) mass is 307 g/mol. The minimum atomic E-state index is -1.48. The third-order valence-electron chi connectivity index (χ3n) is 7.17. The number of allylic oxidation sites excluding steroid dienone is 4. The Balaban J connectivity index is 1.76. The average Bonchev–Trinajstić information content (AvgIpc) is 2.69. The van der Waals surface area contributed by atoms with E-state index in [0.717, 1.165) is 19.3 Å². The van der Waals surface area contributed by atoms with Gasteiger partial charge in [-0.15, -0.1) is 0 Å². The molecule has 4 aliphatic rings. The van der Waals surface area contributed by atoms with Crippen LogP contribution in [0.25, 0.3) is 0 Å². The van der Waals surface area contributed by atoms with Gasteiger partial charge in [0.05, 0.1) is 0 Å². The molecule has 5 atom stereocenters. The first-order valence-electron chi connectivity index (χ1n) is 8.35. The molecule has 116 valence electrons. The molecule has 4 rings (SSSR count). The number of rotatable bonds is 0. The van der Waals surface area contributed by atoms with E-state index in [1.54, 1.807) is 5.57 Å². The summed E-state index contributed by atoms with van der Waals surface area (Å²) in [7, 11) is 0. The van der Waals surface area contributed by atoms with E-state index in [9.17, 15) is 4.39 Å². The van der Waals surface area contributed by atoms with Gasteiger partial charge in [0.25, 0.3) is 0 Å². The molecule has 21 heavy (non-hydrogen) atoms. The van der Waals surface area contributed by atoms with Gasteiger partial charge in [0.2, 0.25) is 0 Å². The van der Waals surface area contributed by atoms with Crippen molar-refractivity contribution in [2.75, 3.05) is 11.5 Å². The Bertz CT molecular complexity index is 537. The zero-order valence-electron chi connectivity index (χ0n) is 13.1. The van der Waals surface area contributed by atoms with Crippen molar-refractivity contribution in [1.82, 2.24) is 0 Å². The molecule has 1 heterocycles. The summed E-state index contributed by atoms with van der Waals surface area (Å²) in [5.74, 6) is 1.99. The molecule has 0 amide bonds. The second-order valence-corrected chi connectivity index (χ2v) is 9.15. The first-order valence-corrected chi connectivity index (χ1v) is 9.51. The molecule has 0 aromatic heterocycles. The van der Waals surface area contributed by atoms with Gasteiger partial charge in [-0.2, -0.15) is 11.8 Å². The molecule has 1 nitrogen and oxygen atoms in total. The van der Waals surface area contributed by atoms with Gasteiger partial charge in [0, 0.05) is 16.6 Å². The first kappa shape index (κ1) is 14.3. The molecule has 0 aromatic rings. The maximum absolute atomic E-state index is 14.8. The Hall–Kier alpha value is -0.280. The van der Waals surface area contributed by atoms with Gasteiger partial charge in [-0.1, -0.05) is 37.1 Å². The number of alkyl halides is 1. The van der Waals surface area contributed by atoms with E-state index in [0.29, 0.717) is 23.7 Å². The molecular formula is C18H26FNS. The highest BCUT2D eigenvalue weighted by atomic mass is 32.2. The second kappa shape index (κ2) is 4.38. The number of nitrogens with two attached hydrogens (primary N) is 1. The number of thioether (sulfide) groups is 1. The van der Waals surface area contributed by atoms with Crippen molar-refractivity contribution in [3.05, 3.63) is 23.3 Å². The summed E-state index contributed by atoms with van der Waals surface area (Å²) in [6, 6.07) is 0. The van der Waals surface area contributed by atoms with Gasteiger partial charge in [-0.25, -0.2) is 4.39 Å². The molecule has 0 aromatic carbocycles. The third-order valence-corrected chi connectivity index (χ3v) is 8.47. The smallest absolute Gasteiger partial charge is 0.165 e. The van der Waals surface area contributed by atoms with Crippen molar-refractivity contribution < 1.29 is 4.39 Å². The van der Waals surface area contributed by atoms with Gasteiger partial charge in [0.15, 0.2) is 5.79 Å². The predicted octanol–water partition coefficient (Wildman–Crippen LogP) is 4.45. The Kier molecular flexibility index (Phi) is 2.99. The molecule has 2 N–H and O–H groups in total. The van der Waals surface area contributed by atoms with Gasteiger partial charge >= 0.3 is 0 Å². The molecule has 1 aliphatic heterocycles. The lowest BCUT2D eigenvalue weighted by atomic mass is 9.53. The van der Waals surface area contributed by atoms with Crippen LogP contribution in [0.4, 0.5) is 4.39 Å². The average molecular weight is 307 g/mol. The van der Waals surface area contributed by atoms with Crippen LogP contribution < -0.4 is 5.73 Å². The molecule has 0 bridgehead atoms. The fraction of sp³-hybridized carbons (Fsp3) is 0.778. The lowest BCUT2D eigenvalue weighted by Crippen LogP contribution is -2.53. The Labute approximate surface area is 131 Å². The van der Waals surface area contributed by atoms with Crippen molar-refractivity contribution in [2.24, 2.45) is 28.4 Å². The SMILES string of the molecule is C[C@]12CSCCC1=CC=C1[C@H]2CC[C@@]2(C)[C@H]1CCC2(N)F. The van der Waals surface area contributed by atoms with Crippen molar-refractivity contribution in [2.45, 2.75) is 51.7 Å².